The highest BCUT2D eigenvalue weighted by Gasteiger charge is 2.13. The van der Waals surface area contributed by atoms with E-state index < -0.39 is 0 Å². The molecular formula is C24H30N4O. The quantitative estimate of drug-likeness (QED) is 0.497. The van der Waals surface area contributed by atoms with E-state index >= 15 is 0 Å². The average molecular weight is 391 g/mol. The summed E-state index contributed by atoms with van der Waals surface area (Å²) in [6, 6.07) is 20.3. The zero-order chi connectivity index (χ0) is 20.9. The number of rotatable bonds is 9. The van der Waals surface area contributed by atoms with E-state index in [1.807, 2.05) is 62.5 Å². The lowest BCUT2D eigenvalue weighted by molar-refractivity contribution is 0.195. The summed E-state index contributed by atoms with van der Waals surface area (Å²) in [5.74, 6) is 1.47. The van der Waals surface area contributed by atoms with Crippen LogP contribution in [0.3, 0.4) is 0 Å². The topological polar surface area (TPSA) is 59.1 Å². The Morgan fingerprint density at radius 1 is 1.03 bits per heavy atom. The highest BCUT2D eigenvalue weighted by Crippen LogP contribution is 2.28. The van der Waals surface area contributed by atoms with Gasteiger partial charge in [-0.05, 0) is 44.3 Å². The highest BCUT2D eigenvalue weighted by atomic mass is 16.5. The molecule has 0 aliphatic carbocycles. The van der Waals surface area contributed by atoms with Crippen molar-refractivity contribution in [3.63, 3.8) is 0 Å². The standard InChI is InChI=1S/C22H26N4O.C2H4/c1-3-24-22-25-15-12-20(26-22)18-10-7-11-19(16-18)27-21(13-14-23-2)17-8-5-4-6-9-17;1-2/h4-12,15-16,21,23H,3,13-14H2,1-2H3,(H,24,25,26);1-2H2. The van der Waals surface area contributed by atoms with Crippen LogP contribution in [0.4, 0.5) is 5.95 Å². The van der Waals surface area contributed by atoms with Gasteiger partial charge in [-0.2, -0.15) is 0 Å². The fraction of sp³-hybridized carbons (Fsp3) is 0.250. The lowest BCUT2D eigenvalue weighted by Crippen LogP contribution is -2.16. The van der Waals surface area contributed by atoms with Gasteiger partial charge in [0.15, 0.2) is 0 Å². The molecule has 0 radical (unpaired) electrons. The van der Waals surface area contributed by atoms with E-state index in [4.69, 9.17) is 4.74 Å². The smallest absolute Gasteiger partial charge is 0.223 e. The van der Waals surface area contributed by atoms with Gasteiger partial charge in [0, 0.05) is 24.7 Å². The van der Waals surface area contributed by atoms with Crippen LogP contribution in [-0.4, -0.2) is 30.1 Å². The second kappa shape index (κ2) is 12.3. The fourth-order valence-corrected chi connectivity index (χ4v) is 2.89. The van der Waals surface area contributed by atoms with Crippen molar-refractivity contribution < 1.29 is 4.74 Å². The van der Waals surface area contributed by atoms with Crippen molar-refractivity contribution in [3.05, 3.63) is 85.6 Å². The van der Waals surface area contributed by atoms with Crippen molar-refractivity contribution in [2.45, 2.75) is 19.4 Å². The molecule has 1 heterocycles. The van der Waals surface area contributed by atoms with Crippen molar-refractivity contribution in [2.24, 2.45) is 0 Å². The van der Waals surface area contributed by atoms with Crippen molar-refractivity contribution in [1.82, 2.24) is 15.3 Å². The summed E-state index contributed by atoms with van der Waals surface area (Å²) in [4.78, 5) is 8.81. The summed E-state index contributed by atoms with van der Waals surface area (Å²) >= 11 is 0. The first kappa shape index (κ1) is 22.1. The zero-order valence-corrected chi connectivity index (χ0v) is 17.3. The van der Waals surface area contributed by atoms with Gasteiger partial charge in [-0.1, -0.05) is 42.5 Å². The average Bonchev–Trinajstić information content (AvgIpc) is 2.79. The lowest BCUT2D eigenvalue weighted by atomic mass is 10.1. The summed E-state index contributed by atoms with van der Waals surface area (Å²) in [5.41, 5.74) is 3.06. The van der Waals surface area contributed by atoms with E-state index in [1.165, 1.54) is 5.56 Å². The first-order valence-electron chi connectivity index (χ1n) is 9.83. The Hall–Kier alpha value is -3.18. The van der Waals surface area contributed by atoms with E-state index in [9.17, 15) is 0 Å². The van der Waals surface area contributed by atoms with Crippen LogP contribution in [0, 0.1) is 0 Å². The largest absolute Gasteiger partial charge is 0.486 e. The summed E-state index contributed by atoms with van der Waals surface area (Å²) in [6.07, 6.45) is 2.66. The van der Waals surface area contributed by atoms with Gasteiger partial charge in [0.2, 0.25) is 5.95 Å². The van der Waals surface area contributed by atoms with E-state index in [1.54, 1.807) is 6.20 Å². The zero-order valence-electron chi connectivity index (χ0n) is 17.3. The first-order valence-corrected chi connectivity index (χ1v) is 9.83. The van der Waals surface area contributed by atoms with Crippen LogP contribution in [0.5, 0.6) is 5.75 Å². The molecule has 3 aromatic rings. The van der Waals surface area contributed by atoms with Crippen LogP contribution in [0.1, 0.15) is 25.0 Å². The molecule has 0 saturated carbocycles. The third kappa shape index (κ3) is 6.73. The lowest BCUT2D eigenvalue weighted by Gasteiger charge is -2.20. The van der Waals surface area contributed by atoms with Crippen LogP contribution in [-0.2, 0) is 0 Å². The number of hydrogen-bond acceptors (Lipinski definition) is 5. The molecule has 0 aliphatic heterocycles. The normalized spacial score (nSPS) is 11.1. The fourth-order valence-electron chi connectivity index (χ4n) is 2.89. The van der Waals surface area contributed by atoms with Crippen LogP contribution in [0.2, 0.25) is 0 Å². The van der Waals surface area contributed by atoms with Gasteiger partial charge in [0.05, 0.1) is 5.69 Å². The molecule has 0 amide bonds. The summed E-state index contributed by atoms with van der Waals surface area (Å²) in [7, 11) is 1.96. The maximum Gasteiger partial charge on any atom is 0.223 e. The molecule has 1 unspecified atom stereocenters. The van der Waals surface area contributed by atoms with Gasteiger partial charge in [-0.25, -0.2) is 9.97 Å². The molecule has 1 atom stereocenters. The molecule has 5 heteroatoms. The Morgan fingerprint density at radius 2 is 1.83 bits per heavy atom. The number of aromatic nitrogens is 2. The van der Waals surface area contributed by atoms with E-state index in [0.717, 1.165) is 36.5 Å². The minimum Gasteiger partial charge on any atom is -0.486 e. The second-order valence-electron chi connectivity index (χ2n) is 6.23. The van der Waals surface area contributed by atoms with E-state index in [2.05, 4.69) is 45.9 Å². The van der Waals surface area contributed by atoms with Crippen LogP contribution < -0.4 is 15.4 Å². The Labute approximate surface area is 173 Å². The molecule has 152 valence electrons. The van der Waals surface area contributed by atoms with Crippen molar-refractivity contribution in [2.75, 3.05) is 25.5 Å². The summed E-state index contributed by atoms with van der Waals surface area (Å²) in [6.45, 7) is 9.70. The van der Waals surface area contributed by atoms with E-state index in [0.29, 0.717) is 5.95 Å². The molecule has 0 bridgehead atoms. The summed E-state index contributed by atoms with van der Waals surface area (Å²) in [5, 5.41) is 6.35. The molecule has 0 saturated heterocycles. The predicted octanol–water partition coefficient (Wildman–Crippen LogP) is 5.11. The number of anilines is 1. The van der Waals surface area contributed by atoms with Crippen LogP contribution in [0.15, 0.2) is 80.0 Å². The van der Waals surface area contributed by atoms with Gasteiger partial charge >= 0.3 is 0 Å². The molecule has 2 N–H and O–H groups in total. The number of nitrogens with one attached hydrogen (secondary N) is 2. The predicted molar refractivity (Wildman–Crippen MR) is 121 cm³/mol. The first-order chi connectivity index (χ1) is 14.3. The van der Waals surface area contributed by atoms with Gasteiger partial charge in [0.1, 0.15) is 11.9 Å². The minimum absolute atomic E-state index is 0.00313. The molecule has 0 aliphatic rings. The van der Waals surface area contributed by atoms with E-state index in [-0.39, 0.29) is 6.10 Å². The number of ether oxygens (including phenoxy) is 1. The molecule has 29 heavy (non-hydrogen) atoms. The highest BCUT2D eigenvalue weighted by molar-refractivity contribution is 5.62. The molecular weight excluding hydrogens is 360 g/mol. The number of hydrogen-bond donors (Lipinski definition) is 2. The van der Waals surface area contributed by atoms with Crippen molar-refractivity contribution >= 4 is 5.95 Å². The third-order valence-electron chi connectivity index (χ3n) is 4.23. The Morgan fingerprint density at radius 3 is 2.55 bits per heavy atom. The molecule has 2 aromatic carbocycles. The Bertz CT molecular complexity index is 854. The second-order valence-corrected chi connectivity index (χ2v) is 6.23. The maximum atomic E-state index is 6.34. The molecule has 0 spiro atoms. The van der Waals surface area contributed by atoms with Gasteiger partial charge in [-0.15, -0.1) is 13.2 Å². The SMILES string of the molecule is C=C.CCNc1nccc(-c2cccc(OC(CCNC)c3ccccc3)c2)n1. The third-order valence-corrected chi connectivity index (χ3v) is 4.23. The molecule has 5 nitrogen and oxygen atoms in total. The molecule has 3 rings (SSSR count). The van der Waals surface area contributed by atoms with Crippen molar-refractivity contribution in [1.29, 1.82) is 0 Å². The number of benzene rings is 2. The Balaban J connectivity index is 0.00000145. The number of nitrogens with zero attached hydrogens (tertiary/aromatic N) is 2. The van der Waals surface area contributed by atoms with Crippen LogP contribution in [0.25, 0.3) is 11.3 Å². The van der Waals surface area contributed by atoms with Crippen molar-refractivity contribution in [3.8, 4) is 17.0 Å². The van der Waals surface area contributed by atoms with Gasteiger partial charge in [-0.3, -0.25) is 0 Å². The maximum absolute atomic E-state index is 6.34. The molecule has 0 fully saturated rings. The van der Waals surface area contributed by atoms with Gasteiger partial charge < -0.3 is 15.4 Å². The summed E-state index contributed by atoms with van der Waals surface area (Å²) < 4.78 is 6.34. The van der Waals surface area contributed by atoms with Crippen LogP contribution >= 0.6 is 0 Å². The van der Waals surface area contributed by atoms with Gasteiger partial charge in [0.25, 0.3) is 0 Å². The molecule has 1 aromatic heterocycles. The Kier molecular flexibility index (Phi) is 9.39. The monoisotopic (exact) mass is 390 g/mol. The minimum atomic E-state index is -0.00313.